The molecule has 1 unspecified atom stereocenters. The van der Waals surface area contributed by atoms with Crippen molar-refractivity contribution in [3.63, 3.8) is 0 Å². The van der Waals surface area contributed by atoms with Gasteiger partial charge < -0.3 is 18.8 Å². The smallest absolute Gasteiger partial charge is 0.340 e. The van der Waals surface area contributed by atoms with Crippen LogP contribution in [-0.2, 0) is 16.0 Å². The second kappa shape index (κ2) is 6.76. The molecule has 0 aliphatic carbocycles. The lowest BCUT2D eigenvalue weighted by atomic mass is 9.98. The van der Waals surface area contributed by atoms with Crippen molar-refractivity contribution in [2.75, 3.05) is 6.54 Å². The lowest BCUT2D eigenvalue weighted by molar-refractivity contribution is -0.148. The van der Waals surface area contributed by atoms with Gasteiger partial charge in [-0.2, -0.15) is 0 Å². The molecular weight excluding hydrogens is 374 g/mol. The minimum absolute atomic E-state index is 0.193. The standard InChI is InChI=1S/C22H23NO6/c1-10-8-16-19(20-18(10)11(2)13(4)28-20)12(3)14(22(27)29-16)9-17(24)23-7-5-6-15(23)21(25)26/h8,15H,5-7,9H2,1-4H3,(H,25,26). The number of furan rings is 1. The first-order valence-electron chi connectivity index (χ1n) is 9.68. The number of carboxylic acid groups (broad SMARTS) is 1. The maximum absolute atomic E-state index is 12.8. The topological polar surface area (TPSA) is 101 Å². The molecule has 2 aromatic heterocycles. The summed E-state index contributed by atoms with van der Waals surface area (Å²) in [7, 11) is 0. The second-order valence-corrected chi connectivity index (χ2v) is 7.81. The lowest BCUT2D eigenvalue weighted by Gasteiger charge is -2.21. The summed E-state index contributed by atoms with van der Waals surface area (Å²) in [6.45, 7) is 7.98. The maximum Gasteiger partial charge on any atom is 0.340 e. The molecule has 1 saturated heterocycles. The van der Waals surface area contributed by atoms with Crippen LogP contribution >= 0.6 is 0 Å². The van der Waals surface area contributed by atoms with Crippen LogP contribution in [-0.4, -0.2) is 34.5 Å². The number of rotatable bonds is 3. The number of carboxylic acids is 1. The molecule has 4 rings (SSSR count). The number of hydrogen-bond donors (Lipinski definition) is 1. The van der Waals surface area contributed by atoms with E-state index in [-0.39, 0.29) is 17.9 Å². The highest BCUT2D eigenvalue weighted by atomic mass is 16.4. The van der Waals surface area contributed by atoms with E-state index in [1.807, 2.05) is 26.8 Å². The van der Waals surface area contributed by atoms with Crippen LogP contribution in [0.4, 0.5) is 0 Å². The molecule has 1 aliphatic heterocycles. The van der Waals surface area contributed by atoms with Crippen molar-refractivity contribution in [1.29, 1.82) is 0 Å². The van der Waals surface area contributed by atoms with Crippen molar-refractivity contribution in [2.24, 2.45) is 0 Å². The molecule has 1 aromatic carbocycles. The number of aryl methyl sites for hydroxylation is 4. The van der Waals surface area contributed by atoms with E-state index in [0.717, 1.165) is 22.3 Å². The largest absolute Gasteiger partial charge is 0.480 e. The molecule has 1 amide bonds. The Hall–Kier alpha value is -3.09. The predicted molar refractivity (Wildman–Crippen MR) is 107 cm³/mol. The van der Waals surface area contributed by atoms with Crippen molar-refractivity contribution in [1.82, 2.24) is 4.90 Å². The van der Waals surface area contributed by atoms with Gasteiger partial charge in [-0.3, -0.25) is 4.79 Å². The molecule has 0 spiro atoms. The lowest BCUT2D eigenvalue weighted by Crippen LogP contribution is -2.41. The van der Waals surface area contributed by atoms with E-state index >= 15 is 0 Å². The van der Waals surface area contributed by atoms with Crippen molar-refractivity contribution >= 4 is 33.8 Å². The molecule has 0 radical (unpaired) electrons. The summed E-state index contributed by atoms with van der Waals surface area (Å²) in [6.07, 6.45) is 0.873. The molecule has 0 bridgehead atoms. The molecule has 1 fully saturated rings. The van der Waals surface area contributed by atoms with Crippen LogP contribution < -0.4 is 5.63 Å². The molecule has 3 heterocycles. The molecule has 152 valence electrons. The first kappa shape index (κ1) is 19.2. The van der Waals surface area contributed by atoms with E-state index in [1.165, 1.54) is 4.90 Å². The quantitative estimate of drug-likeness (QED) is 0.680. The van der Waals surface area contributed by atoms with Crippen LogP contribution in [0.15, 0.2) is 19.7 Å². The first-order chi connectivity index (χ1) is 13.7. The van der Waals surface area contributed by atoms with Gasteiger partial charge in [0, 0.05) is 11.9 Å². The van der Waals surface area contributed by atoms with Crippen LogP contribution in [0, 0.1) is 27.7 Å². The number of amides is 1. The van der Waals surface area contributed by atoms with E-state index in [2.05, 4.69) is 0 Å². The number of hydrogen-bond acceptors (Lipinski definition) is 5. The number of carbonyl (C=O) groups is 2. The monoisotopic (exact) mass is 397 g/mol. The van der Waals surface area contributed by atoms with E-state index < -0.39 is 17.6 Å². The van der Waals surface area contributed by atoms with E-state index in [4.69, 9.17) is 8.83 Å². The SMILES string of the molecule is Cc1oc2c(c(C)cc3oc(=O)c(CC(=O)N4CCCC4C(=O)O)c(C)c32)c1C. The van der Waals surface area contributed by atoms with Crippen molar-refractivity contribution in [2.45, 2.75) is 53.0 Å². The Morgan fingerprint density at radius 2 is 1.86 bits per heavy atom. The third kappa shape index (κ3) is 2.92. The summed E-state index contributed by atoms with van der Waals surface area (Å²) < 4.78 is 11.5. The van der Waals surface area contributed by atoms with Gasteiger partial charge in [-0.15, -0.1) is 0 Å². The fraction of sp³-hybridized carbons (Fsp3) is 0.409. The molecule has 0 saturated carbocycles. The van der Waals surface area contributed by atoms with Crippen LogP contribution in [0.1, 0.15) is 40.9 Å². The summed E-state index contributed by atoms with van der Waals surface area (Å²) in [6, 6.07) is 0.987. The summed E-state index contributed by atoms with van der Waals surface area (Å²) in [5.74, 6) is -0.600. The number of benzene rings is 1. The summed E-state index contributed by atoms with van der Waals surface area (Å²) in [4.78, 5) is 38.2. The Labute approximate surface area is 166 Å². The van der Waals surface area contributed by atoms with Gasteiger partial charge in [-0.05, 0) is 63.3 Å². The Balaban J connectivity index is 1.85. The van der Waals surface area contributed by atoms with Gasteiger partial charge in [0.1, 0.15) is 23.0 Å². The third-order valence-corrected chi connectivity index (χ3v) is 6.06. The molecule has 7 heteroatoms. The van der Waals surface area contributed by atoms with Gasteiger partial charge in [0.25, 0.3) is 0 Å². The zero-order chi connectivity index (χ0) is 21.0. The van der Waals surface area contributed by atoms with Crippen molar-refractivity contribution in [3.05, 3.63) is 44.5 Å². The Morgan fingerprint density at radius 3 is 2.55 bits per heavy atom. The number of nitrogens with zero attached hydrogens (tertiary/aromatic N) is 1. The van der Waals surface area contributed by atoms with E-state index in [1.54, 1.807) is 6.92 Å². The van der Waals surface area contributed by atoms with Crippen LogP contribution in [0.25, 0.3) is 21.9 Å². The Bertz CT molecular complexity index is 1230. The highest BCUT2D eigenvalue weighted by molar-refractivity contribution is 6.07. The minimum atomic E-state index is -1.02. The normalized spacial score (nSPS) is 16.8. The Morgan fingerprint density at radius 1 is 1.14 bits per heavy atom. The molecule has 1 N–H and O–H groups in total. The molecule has 7 nitrogen and oxygen atoms in total. The first-order valence-corrected chi connectivity index (χ1v) is 9.68. The molecule has 29 heavy (non-hydrogen) atoms. The number of fused-ring (bicyclic) bond motifs is 3. The molecule has 1 atom stereocenters. The van der Waals surface area contributed by atoms with Gasteiger partial charge in [-0.1, -0.05) is 0 Å². The number of aliphatic carboxylic acids is 1. The fourth-order valence-corrected chi connectivity index (χ4v) is 4.41. The van der Waals surface area contributed by atoms with Crippen LogP contribution in [0.5, 0.6) is 0 Å². The molecule has 3 aromatic rings. The van der Waals surface area contributed by atoms with E-state index in [0.29, 0.717) is 41.5 Å². The Kier molecular flexibility index (Phi) is 4.48. The van der Waals surface area contributed by atoms with Gasteiger partial charge in [0.15, 0.2) is 0 Å². The van der Waals surface area contributed by atoms with Crippen molar-refractivity contribution < 1.29 is 23.5 Å². The van der Waals surface area contributed by atoms with Crippen LogP contribution in [0.3, 0.4) is 0 Å². The van der Waals surface area contributed by atoms with E-state index in [9.17, 15) is 19.5 Å². The third-order valence-electron chi connectivity index (χ3n) is 6.06. The molecular formula is C22H23NO6. The van der Waals surface area contributed by atoms with Gasteiger partial charge in [0.2, 0.25) is 5.91 Å². The zero-order valence-corrected chi connectivity index (χ0v) is 16.9. The maximum atomic E-state index is 12.8. The number of likely N-dealkylation sites (tertiary alicyclic amines) is 1. The summed E-state index contributed by atoms with van der Waals surface area (Å²) in [5, 5.41) is 11.0. The highest BCUT2D eigenvalue weighted by Crippen LogP contribution is 2.36. The second-order valence-electron chi connectivity index (χ2n) is 7.81. The average molecular weight is 397 g/mol. The fourth-order valence-electron chi connectivity index (χ4n) is 4.41. The zero-order valence-electron chi connectivity index (χ0n) is 16.9. The minimum Gasteiger partial charge on any atom is -0.480 e. The average Bonchev–Trinajstić information content (AvgIpc) is 3.24. The van der Waals surface area contributed by atoms with Gasteiger partial charge >= 0.3 is 11.6 Å². The van der Waals surface area contributed by atoms with Gasteiger partial charge in [-0.25, -0.2) is 9.59 Å². The summed E-state index contributed by atoms with van der Waals surface area (Å²) in [5.41, 5.74) is 3.36. The molecule has 1 aliphatic rings. The van der Waals surface area contributed by atoms with Gasteiger partial charge in [0.05, 0.1) is 17.4 Å². The van der Waals surface area contributed by atoms with Crippen LogP contribution in [0.2, 0.25) is 0 Å². The number of carbonyl (C=O) groups excluding carboxylic acids is 1. The summed E-state index contributed by atoms with van der Waals surface area (Å²) >= 11 is 0. The highest BCUT2D eigenvalue weighted by Gasteiger charge is 2.34. The van der Waals surface area contributed by atoms with Crippen molar-refractivity contribution in [3.8, 4) is 0 Å². The predicted octanol–water partition coefficient (Wildman–Crippen LogP) is 3.39.